The lowest BCUT2D eigenvalue weighted by atomic mass is 10.2. The number of nitrogens with zero attached hydrogens (tertiary/aromatic N) is 4. The lowest BCUT2D eigenvalue weighted by Crippen LogP contribution is -2.16. The summed E-state index contributed by atoms with van der Waals surface area (Å²) in [4.78, 5) is 32.4. The fourth-order valence-corrected chi connectivity index (χ4v) is 2.77. The number of pyridine rings is 2. The summed E-state index contributed by atoms with van der Waals surface area (Å²) < 4.78 is 0.708. The van der Waals surface area contributed by atoms with Gasteiger partial charge in [-0.15, -0.1) is 10.2 Å². The zero-order valence-corrected chi connectivity index (χ0v) is 13.9. The van der Waals surface area contributed by atoms with Crippen molar-refractivity contribution < 1.29 is 9.59 Å². The van der Waals surface area contributed by atoms with Gasteiger partial charge in [-0.1, -0.05) is 0 Å². The normalized spacial score (nSPS) is 18.6. The van der Waals surface area contributed by atoms with Gasteiger partial charge in [0.15, 0.2) is 11.4 Å². The summed E-state index contributed by atoms with van der Waals surface area (Å²) in [6.07, 6.45) is 3.21. The van der Waals surface area contributed by atoms with Crippen molar-refractivity contribution in [3.8, 4) is 0 Å². The predicted octanol–water partition coefficient (Wildman–Crippen LogP) is 1.65. The Bertz CT molecular complexity index is 982. The molecule has 2 N–H and O–H groups in total. The molecule has 0 atom stereocenters. The highest BCUT2D eigenvalue weighted by molar-refractivity contribution is 9.10. The van der Waals surface area contributed by atoms with Gasteiger partial charge in [-0.05, 0) is 40.5 Å². The van der Waals surface area contributed by atoms with Crippen LogP contribution >= 0.6 is 15.9 Å². The molecule has 0 bridgehead atoms. The zero-order chi connectivity index (χ0) is 16.8. The fraction of sp³-hybridized carbons (Fsp3) is 0.0667. The average molecular weight is 385 g/mol. The molecule has 0 spiro atoms. The molecule has 0 saturated carbocycles. The Morgan fingerprint density at radius 3 is 2.58 bits per heavy atom. The molecular formula is C15H9BrN6O2. The maximum absolute atomic E-state index is 12.1. The van der Waals surface area contributed by atoms with Crippen LogP contribution < -0.4 is 10.6 Å². The van der Waals surface area contributed by atoms with Gasteiger partial charge in [-0.2, -0.15) is 0 Å². The summed E-state index contributed by atoms with van der Waals surface area (Å²) in [7, 11) is 0. The van der Waals surface area contributed by atoms with Gasteiger partial charge in [0.2, 0.25) is 0 Å². The van der Waals surface area contributed by atoms with Crippen molar-refractivity contribution in [1.82, 2.24) is 9.97 Å². The third-order valence-corrected chi connectivity index (χ3v) is 3.95. The molecule has 9 heteroatoms. The van der Waals surface area contributed by atoms with Crippen molar-refractivity contribution in [1.29, 1.82) is 0 Å². The number of rotatable bonds is 1. The highest BCUT2D eigenvalue weighted by atomic mass is 79.9. The van der Waals surface area contributed by atoms with Gasteiger partial charge in [-0.3, -0.25) is 14.6 Å². The van der Waals surface area contributed by atoms with E-state index in [1.165, 1.54) is 0 Å². The van der Waals surface area contributed by atoms with Crippen molar-refractivity contribution in [2.45, 2.75) is 6.92 Å². The molecule has 0 unspecified atom stereocenters. The van der Waals surface area contributed by atoms with Gasteiger partial charge in [0, 0.05) is 16.9 Å². The van der Waals surface area contributed by atoms with Gasteiger partial charge in [0.25, 0.3) is 11.8 Å². The average Bonchev–Trinajstić information content (AvgIpc) is 3.00. The first kappa shape index (κ1) is 14.6. The van der Waals surface area contributed by atoms with Crippen LogP contribution in [0.3, 0.4) is 0 Å². The summed E-state index contributed by atoms with van der Waals surface area (Å²) >= 11 is 3.30. The number of aryl methyl sites for hydroxylation is 1. The minimum absolute atomic E-state index is 0.0710. The highest BCUT2D eigenvalue weighted by Crippen LogP contribution is 2.25. The van der Waals surface area contributed by atoms with E-state index in [9.17, 15) is 9.59 Å². The zero-order valence-electron chi connectivity index (χ0n) is 12.3. The van der Waals surface area contributed by atoms with Gasteiger partial charge >= 0.3 is 0 Å². The van der Waals surface area contributed by atoms with Gasteiger partial charge in [-0.25, -0.2) is 4.98 Å². The predicted molar refractivity (Wildman–Crippen MR) is 91.2 cm³/mol. The molecule has 0 radical (unpaired) electrons. The number of aromatic nitrogens is 2. The van der Waals surface area contributed by atoms with Crippen LogP contribution in [0.5, 0.6) is 0 Å². The second-order valence-electron chi connectivity index (χ2n) is 5.26. The third-order valence-electron chi connectivity index (χ3n) is 3.52. The Kier molecular flexibility index (Phi) is 3.24. The fourth-order valence-electron chi connectivity index (χ4n) is 2.44. The largest absolute Gasteiger partial charge is 0.319 e. The van der Waals surface area contributed by atoms with E-state index in [-0.39, 0.29) is 11.4 Å². The lowest BCUT2D eigenvalue weighted by Gasteiger charge is -1.97. The Hall–Kier alpha value is -2.94. The monoisotopic (exact) mass is 384 g/mol. The summed E-state index contributed by atoms with van der Waals surface area (Å²) in [6.45, 7) is 1.87. The Labute approximate surface area is 144 Å². The molecule has 0 fully saturated rings. The van der Waals surface area contributed by atoms with Crippen LogP contribution in [-0.2, 0) is 9.59 Å². The SMILES string of the molecule is Cc1cnc2c(c1)NC(=O)/C2=N\N=C1\C(=O)Nc2ncc(Br)cc21. The molecule has 2 aromatic rings. The molecule has 2 aliphatic rings. The quantitative estimate of drug-likeness (QED) is 0.728. The minimum Gasteiger partial charge on any atom is -0.319 e. The van der Waals surface area contributed by atoms with E-state index in [0.717, 1.165) is 5.56 Å². The van der Waals surface area contributed by atoms with Crippen LogP contribution in [-0.4, -0.2) is 33.2 Å². The number of carbonyl (C=O) groups is 2. The van der Waals surface area contributed by atoms with Crippen molar-refractivity contribution in [2.75, 3.05) is 10.6 Å². The van der Waals surface area contributed by atoms with E-state index in [0.29, 0.717) is 27.2 Å². The molecule has 118 valence electrons. The maximum atomic E-state index is 12.1. The Balaban J connectivity index is 1.79. The molecule has 4 heterocycles. The van der Waals surface area contributed by atoms with E-state index in [2.05, 4.69) is 46.7 Å². The summed E-state index contributed by atoms with van der Waals surface area (Å²) in [5, 5.41) is 13.2. The molecule has 4 rings (SSSR count). The number of anilines is 2. The van der Waals surface area contributed by atoms with Crippen molar-refractivity contribution in [3.63, 3.8) is 0 Å². The van der Waals surface area contributed by atoms with E-state index < -0.39 is 11.8 Å². The third kappa shape index (κ3) is 2.29. The molecule has 0 aliphatic carbocycles. The Morgan fingerprint density at radius 1 is 1.00 bits per heavy atom. The van der Waals surface area contributed by atoms with Crippen LogP contribution in [0.25, 0.3) is 0 Å². The lowest BCUT2D eigenvalue weighted by molar-refractivity contribution is -0.111. The van der Waals surface area contributed by atoms with Gasteiger partial charge < -0.3 is 10.6 Å². The number of amides is 2. The van der Waals surface area contributed by atoms with E-state index in [4.69, 9.17) is 0 Å². The maximum Gasteiger partial charge on any atom is 0.278 e. The van der Waals surface area contributed by atoms with Crippen LogP contribution in [0, 0.1) is 6.92 Å². The van der Waals surface area contributed by atoms with E-state index in [1.54, 1.807) is 24.5 Å². The van der Waals surface area contributed by atoms with E-state index in [1.807, 2.05) is 6.92 Å². The highest BCUT2D eigenvalue weighted by Gasteiger charge is 2.30. The number of hydrogen-bond donors (Lipinski definition) is 2. The molecule has 8 nitrogen and oxygen atoms in total. The topological polar surface area (TPSA) is 109 Å². The van der Waals surface area contributed by atoms with Crippen molar-refractivity contribution in [2.24, 2.45) is 10.2 Å². The molecule has 0 aromatic carbocycles. The standard InChI is InChI=1S/C15H9BrN6O2/c1-6-2-9-11(17-4-6)12(15(24)19-9)22-21-10-8-3-7(16)5-18-13(8)20-14(10)23/h2-5H,1H3,(H,19,22,24)(H,18,20,21,23). The first-order valence-corrected chi connectivity index (χ1v) is 7.73. The van der Waals surface area contributed by atoms with Crippen LogP contribution in [0.2, 0.25) is 0 Å². The number of halogens is 1. The molecule has 24 heavy (non-hydrogen) atoms. The molecule has 0 saturated heterocycles. The first-order valence-electron chi connectivity index (χ1n) is 6.94. The molecular weight excluding hydrogens is 376 g/mol. The van der Waals surface area contributed by atoms with Crippen molar-refractivity contribution in [3.05, 3.63) is 45.8 Å². The molecule has 2 aromatic heterocycles. The first-order chi connectivity index (χ1) is 11.5. The van der Waals surface area contributed by atoms with E-state index >= 15 is 0 Å². The summed E-state index contributed by atoms with van der Waals surface area (Å²) in [5.74, 6) is -0.416. The number of nitrogens with one attached hydrogen (secondary N) is 2. The number of hydrogen-bond acceptors (Lipinski definition) is 6. The van der Waals surface area contributed by atoms with Crippen LogP contribution in [0.4, 0.5) is 11.5 Å². The van der Waals surface area contributed by atoms with Crippen LogP contribution in [0.15, 0.2) is 39.2 Å². The second-order valence-corrected chi connectivity index (χ2v) is 6.18. The molecule has 2 amide bonds. The Morgan fingerprint density at radius 2 is 1.75 bits per heavy atom. The smallest absolute Gasteiger partial charge is 0.278 e. The van der Waals surface area contributed by atoms with Crippen LogP contribution in [0.1, 0.15) is 16.8 Å². The van der Waals surface area contributed by atoms with Gasteiger partial charge in [0.05, 0.1) is 11.3 Å². The van der Waals surface area contributed by atoms with Gasteiger partial charge in [0.1, 0.15) is 11.5 Å². The number of carbonyl (C=O) groups excluding carboxylic acids is 2. The summed E-state index contributed by atoms with van der Waals surface area (Å²) in [5.41, 5.74) is 2.61. The van der Waals surface area contributed by atoms with Crippen molar-refractivity contribution >= 4 is 50.7 Å². The molecule has 2 aliphatic heterocycles. The summed E-state index contributed by atoms with van der Waals surface area (Å²) in [6, 6.07) is 3.51. The minimum atomic E-state index is -0.421. The second kappa shape index (κ2) is 5.31. The number of fused-ring (bicyclic) bond motifs is 2.